The second-order valence-corrected chi connectivity index (χ2v) is 8.78. The fraction of sp³-hybridized carbons (Fsp3) is 0.214. The van der Waals surface area contributed by atoms with E-state index in [2.05, 4.69) is 0 Å². The van der Waals surface area contributed by atoms with E-state index in [9.17, 15) is 19.8 Å². The number of carbonyl (C=O) groups excluding carboxylic acids is 2. The first kappa shape index (κ1) is 21.8. The van der Waals surface area contributed by atoms with E-state index in [4.69, 9.17) is 4.74 Å². The summed E-state index contributed by atoms with van der Waals surface area (Å²) >= 11 is 0. The van der Waals surface area contributed by atoms with Crippen LogP contribution in [0.2, 0.25) is 0 Å². The third-order valence-electron chi connectivity index (χ3n) is 6.38. The van der Waals surface area contributed by atoms with Crippen LogP contribution in [0.5, 0.6) is 11.5 Å². The predicted molar refractivity (Wildman–Crippen MR) is 127 cm³/mol. The van der Waals surface area contributed by atoms with Gasteiger partial charge < -0.3 is 19.8 Å². The molecule has 2 heterocycles. The average molecular weight is 456 g/mol. The highest BCUT2D eigenvalue weighted by molar-refractivity contribution is 6.46. The second-order valence-electron chi connectivity index (χ2n) is 8.78. The van der Waals surface area contributed by atoms with Crippen molar-refractivity contribution >= 4 is 17.4 Å². The summed E-state index contributed by atoms with van der Waals surface area (Å²) < 4.78 is 5.75. The largest absolute Gasteiger partial charge is 0.508 e. The van der Waals surface area contributed by atoms with Crippen molar-refractivity contribution in [2.45, 2.75) is 31.9 Å². The number of aliphatic hydroxyl groups excluding tert-OH is 1. The maximum absolute atomic E-state index is 13.2. The first-order valence-electron chi connectivity index (χ1n) is 11.3. The van der Waals surface area contributed by atoms with Crippen molar-refractivity contribution in [3.05, 3.63) is 101 Å². The summed E-state index contributed by atoms with van der Waals surface area (Å²) in [7, 11) is 0. The van der Waals surface area contributed by atoms with Crippen LogP contribution < -0.4 is 4.74 Å². The average Bonchev–Trinajstić information content (AvgIpc) is 3.33. The second kappa shape index (κ2) is 8.71. The van der Waals surface area contributed by atoms with Crippen LogP contribution in [0.3, 0.4) is 0 Å². The van der Waals surface area contributed by atoms with E-state index in [1.54, 1.807) is 24.3 Å². The van der Waals surface area contributed by atoms with Crippen molar-refractivity contribution in [1.82, 2.24) is 4.90 Å². The van der Waals surface area contributed by atoms with Crippen LogP contribution in [0.25, 0.3) is 5.76 Å². The van der Waals surface area contributed by atoms with Gasteiger partial charge in [-0.3, -0.25) is 9.59 Å². The van der Waals surface area contributed by atoms with Crippen LogP contribution in [0.4, 0.5) is 0 Å². The minimum atomic E-state index is -0.806. The Balaban J connectivity index is 1.58. The maximum atomic E-state index is 13.2. The van der Waals surface area contributed by atoms with E-state index in [-0.39, 0.29) is 23.2 Å². The molecule has 1 amide bonds. The van der Waals surface area contributed by atoms with Crippen molar-refractivity contribution in [2.24, 2.45) is 0 Å². The number of Topliss-reactive ketones (excluding diaryl/α,β-unsaturated/α-hetero) is 1. The Bertz CT molecular complexity index is 1300. The van der Waals surface area contributed by atoms with Gasteiger partial charge in [0.15, 0.2) is 0 Å². The molecule has 6 nitrogen and oxygen atoms in total. The van der Waals surface area contributed by atoms with Gasteiger partial charge in [0.2, 0.25) is 0 Å². The fourth-order valence-corrected chi connectivity index (χ4v) is 4.77. The third kappa shape index (κ3) is 3.92. The van der Waals surface area contributed by atoms with Crippen molar-refractivity contribution in [2.75, 3.05) is 6.54 Å². The number of phenolic OH excluding ortho intramolecular Hbond substituents is 1. The van der Waals surface area contributed by atoms with Gasteiger partial charge in [-0.2, -0.15) is 0 Å². The Morgan fingerprint density at radius 1 is 1.03 bits per heavy atom. The molecule has 172 valence electrons. The van der Waals surface area contributed by atoms with Gasteiger partial charge in [0, 0.05) is 18.5 Å². The van der Waals surface area contributed by atoms with E-state index >= 15 is 0 Å². The molecule has 1 saturated heterocycles. The van der Waals surface area contributed by atoms with E-state index in [0.29, 0.717) is 30.5 Å². The number of hydrogen-bond donors (Lipinski definition) is 2. The van der Waals surface area contributed by atoms with Gasteiger partial charge in [0.05, 0.1) is 11.6 Å². The Morgan fingerprint density at radius 3 is 2.59 bits per heavy atom. The number of hydrogen-bond acceptors (Lipinski definition) is 5. The van der Waals surface area contributed by atoms with Gasteiger partial charge in [0.1, 0.15) is 23.4 Å². The Hall–Kier alpha value is -4.06. The molecule has 0 saturated carbocycles. The smallest absolute Gasteiger partial charge is 0.295 e. The van der Waals surface area contributed by atoms with Gasteiger partial charge in [-0.15, -0.1) is 0 Å². The third-order valence-corrected chi connectivity index (χ3v) is 6.38. The number of ether oxygens (including phenoxy) is 1. The van der Waals surface area contributed by atoms with E-state index < -0.39 is 17.7 Å². The zero-order valence-corrected chi connectivity index (χ0v) is 18.8. The summed E-state index contributed by atoms with van der Waals surface area (Å²) in [5, 5.41) is 21.4. The van der Waals surface area contributed by atoms with Crippen LogP contribution in [-0.2, 0) is 22.4 Å². The van der Waals surface area contributed by atoms with E-state index in [1.165, 1.54) is 17.0 Å². The number of likely N-dealkylation sites (tertiary alicyclic amines) is 1. The lowest BCUT2D eigenvalue weighted by Crippen LogP contribution is -2.31. The van der Waals surface area contributed by atoms with Gasteiger partial charge in [0.25, 0.3) is 11.7 Å². The summed E-state index contributed by atoms with van der Waals surface area (Å²) in [6, 6.07) is 20.7. The molecular formula is C28H25NO5. The highest BCUT2D eigenvalue weighted by Gasteiger charge is 2.46. The molecule has 0 radical (unpaired) electrons. The SMILES string of the molecule is CC1Cc2cc(/C(O)=C3\C(=O)C(=O)N(CCc4ccccc4)C3c3cccc(O)c3)ccc2O1. The quantitative estimate of drug-likeness (QED) is 0.339. The summed E-state index contributed by atoms with van der Waals surface area (Å²) in [6.07, 6.45) is 1.30. The molecule has 0 aliphatic carbocycles. The van der Waals surface area contributed by atoms with Crippen LogP contribution in [0.1, 0.15) is 35.2 Å². The molecule has 3 aromatic carbocycles. The number of rotatable bonds is 5. The molecule has 6 heteroatoms. The van der Waals surface area contributed by atoms with E-state index in [1.807, 2.05) is 43.3 Å². The first-order chi connectivity index (χ1) is 16.4. The zero-order valence-electron chi connectivity index (χ0n) is 18.8. The standard InChI is InChI=1S/C28H25NO5/c1-17-14-21-15-20(10-11-23(21)34-17)26(31)24-25(19-8-5-9-22(30)16-19)29(28(33)27(24)32)13-12-18-6-3-2-4-7-18/h2-11,15-17,25,30-31H,12-14H2,1H3/b26-24+. The Labute approximate surface area is 197 Å². The highest BCUT2D eigenvalue weighted by Crippen LogP contribution is 2.41. The molecule has 2 N–H and O–H groups in total. The van der Waals surface area contributed by atoms with Crippen molar-refractivity contribution < 1.29 is 24.5 Å². The molecule has 2 atom stereocenters. The predicted octanol–water partition coefficient (Wildman–Crippen LogP) is 4.38. The van der Waals surface area contributed by atoms with Crippen LogP contribution in [-0.4, -0.2) is 39.5 Å². The fourth-order valence-electron chi connectivity index (χ4n) is 4.77. The van der Waals surface area contributed by atoms with Crippen LogP contribution in [0.15, 0.2) is 78.4 Å². The number of aliphatic hydroxyl groups is 1. The van der Waals surface area contributed by atoms with Gasteiger partial charge in [-0.05, 0) is 60.4 Å². The molecular weight excluding hydrogens is 430 g/mol. The van der Waals surface area contributed by atoms with Crippen LogP contribution in [0, 0.1) is 0 Å². The van der Waals surface area contributed by atoms with Gasteiger partial charge >= 0.3 is 0 Å². The molecule has 0 aromatic heterocycles. The number of aromatic hydroxyl groups is 1. The molecule has 3 aromatic rings. The number of nitrogens with zero attached hydrogens (tertiary/aromatic N) is 1. The van der Waals surface area contributed by atoms with Crippen molar-refractivity contribution in [3.63, 3.8) is 0 Å². The maximum Gasteiger partial charge on any atom is 0.295 e. The lowest BCUT2D eigenvalue weighted by Gasteiger charge is -2.25. The lowest BCUT2D eigenvalue weighted by atomic mass is 9.94. The van der Waals surface area contributed by atoms with E-state index in [0.717, 1.165) is 16.9 Å². The molecule has 2 unspecified atom stereocenters. The number of benzene rings is 3. The molecule has 2 aliphatic rings. The number of fused-ring (bicyclic) bond motifs is 1. The molecule has 2 aliphatic heterocycles. The summed E-state index contributed by atoms with van der Waals surface area (Å²) in [4.78, 5) is 27.8. The van der Waals surface area contributed by atoms with Gasteiger partial charge in [-0.25, -0.2) is 0 Å². The molecule has 1 fully saturated rings. The number of ketones is 1. The zero-order chi connectivity index (χ0) is 23.8. The summed E-state index contributed by atoms with van der Waals surface area (Å²) in [5.41, 5.74) is 3.03. The lowest BCUT2D eigenvalue weighted by molar-refractivity contribution is -0.139. The first-order valence-corrected chi connectivity index (χ1v) is 11.3. The molecule has 34 heavy (non-hydrogen) atoms. The summed E-state index contributed by atoms with van der Waals surface area (Å²) in [6.45, 7) is 2.26. The molecule has 0 spiro atoms. The Morgan fingerprint density at radius 2 is 1.82 bits per heavy atom. The van der Waals surface area contributed by atoms with Crippen molar-refractivity contribution in [3.8, 4) is 11.5 Å². The molecule has 0 bridgehead atoms. The minimum absolute atomic E-state index is 0.0230. The minimum Gasteiger partial charge on any atom is -0.508 e. The number of carbonyl (C=O) groups is 2. The van der Waals surface area contributed by atoms with Crippen LogP contribution >= 0.6 is 0 Å². The highest BCUT2D eigenvalue weighted by atomic mass is 16.5. The van der Waals surface area contributed by atoms with Crippen molar-refractivity contribution in [1.29, 1.82) is 0 Å². The van der Waals surface area contributed by atoms with Gasteiger partial charge in [-0.1, -0.05) is 42.5 Å². The molecule has 5 rings (SSSR count). The number of phenols is 1. The Kier molecular flexibility index (Phi) is 5.57. The number of amides is 1. The topological polar surface area (TPSA) is 87.1 Å². The summed E-state index contributed by atoms with van der Waals surface area (Å²) in [5.74, 6) is -0.837. The normalized spacial score (nSPS) is 20.9. The monoisotopic (exact) mass is 455 g/mol.